The van der Waals surface area contributed by atoms with E-state index in [9.17, 15) is 9.59 Å². The molecule has 140 valence electrons. The number of amides is 1. The number of nitrogens with one attached hydrogen (secondary N) is 1. The van der Waals surface area contributed by atoms with E-state index < -0.39 is 0 Å². The van der Waals surface area contributed by atoms with E-state index in [0.717, 1.165) is 5.69 Å². The van der Waals surface area contributed by atoms with Gasteiger partial charge in [-0.25, -0.2) is 4.79 Å². The standard InChI is InChI=1S/C21H23N3O3/c1-3-24(18-10-7-9-16(14-18)21(26)27-4-2)13-12-20(25)23-19-11-6-5-8-17(19)15-22/h5-11,14H,3-4,12-13H2,1-2H3,(H,23,25). The van der Waals surface area contributed by atoms with Crippen LogP contribution in [-0.2, 0) is 9.53 Å². The number of para-hydroxylation sites is 1. The minimum atomic E-state index is -0.360. The number of carbonyl (C=O) groups excluding carboxylic acids is 2. The molecule has 0 saturated carbocycles. The van der Waals surface area contributed by atoms with Gasteiger partial charge in [-0.15, -0.1) is 0 Å². The van der Waals surface area contributed by atoms with Crippen LogP contribution < -0.4 is 10.2 Å². The van der Waals surface area contributed by atoms with Crippen LogP contribution in [0.3, 0.4) is 0 Å². The van der Waals surface area contributed by atoms with Crippen molar-refractivity contribution in [3.05, 3.63) is 59.7 Å². The second kappa shape index (κ2) is 9.97. The zero-order valence-electron chi connectivity index (χ0n) is 15.6. The van der Waals surface area contributed by atoms with Crippen LogP contribution in [0.15, 0.2) is 48.5 Å². The van der Waals surface area contributed by atoms with Crippen LogP contribution in [-0.4, -0.2) is 31.6 Å². The predicted molar refractivity (Wildman–Crippen MR) is 105 cm³/mol. The summed E-state index contributed by atoms with van der Waals surface area (Å²) in [5.74, 6) is -0.529. The van der Waals surface area contributed by atoms with Crippen LogP contribution in [0.2, 0.25) is 0 Å². The largest absolute Gasteiger partial charge is 0.462 e. The number of nitrogens with zero attached hydrogens (tertiary/aromatic N) is 2. The molecule has 0 bridgehead atoms. The van der Waals surface area contributed by atoms with Gasteiger partial charge in [0.2, 0.25) is 5.91 Å². The van der Waals surface area contributed by atoms with Crippen LogP contribution in [0.25, 0.3) is 0 Å². The third kappa shape index (κ3) is 5.58. The van der Waals surface area contributed by atoms with E-state index in [2.05, 4.69) is 11.4 Å². The lowest BCUT2D eigenvalue weighted by molar-refractivity contribution is -0.116. The lowest BCUT2D eigenvalue weighted by Gasteiger charge is -2.23. The second-order valence-electron chi connectivity index (χ2n) is 5.81. The van der Waals surface area contributed by atoms with Gasteiger partial charge in [0, 0.05) is 25.2 Å². The zero-order valence-corrected chi connectivity index (χ0v) is 15.6. The monoisotopic (exact) mass is 365 g/mol. The van der Waals surface area contributed by atoms with Crippen LogP contribution in [0.1, 0.15) is 36.2 Å². The van der Waals surface area contributed by atoms with Crippen molar-refractivity contribution in [2.24, 2.45) is 0 Å². The number of nitriles is 1. The van der Waals surface area contributed by atoms with Gasteiger partial charge in [-0.3, -0.25) is 4.79 Å². The highest BCUT2D eigenvalue weighted by Gasteiger charge is 2.12. The molecule has 0 spiro atoms. The first-order valence-electron chi connectivity index (χ1n) is 8.90. The summed E-state index contributed by atoms with van der Waals surface area (Å²) < 4.78 is 5.03. The molecule has 2 rings (SSSR count). The molecule has 0 saturated heterocycles. The maximum absolute atomic E-state index is 12.3. The summed E-state index contributed by atoms with van der Waals surface area (Å²) in [7, 11) is 0. The fourth-order valence-electron chi connectivity index (χ4n) is 2.65. The van der Waals surface area contributed by atoms with Gasteiger partial charge in [0.1, 0.15) is 6.07 Å². The molecule has 0 aliphatic heterocycles. The molecular formula is C21H23N3O3. The molecule has 1 N–H and O–H groups in total. The molecule has 0 aliphatic rings. The van der Waals surface area contributed by atoms with Gasteiger partial charge < -0.3 is 15.0 Å². The number of hydrogen-bond donors (Lipinski definition) is 1. The van der Waals surface area contributed by atoms with Crippen molar-refractivity contribution in [1.29, 1.82) is 5.26 Å². The summed E-state index contributed by atoms with van der Waals surface area (Å²) in [6, 6.07) is 16.1. The Morgan fingerprint density at radius 3 is 2.63 bits per heavy atom. The Kier molecular flexibility index (Phi) is 7.38. The predicted octanol–water partition coefficient (Wildman–Crippen LogP) is 3.59. The van der Waals surface area contributed by atoms with Crippen LogP contribution in [0.4, 0.5) is 11.4 Å². The van der Waals surface area contributed by atoms with Crippen LogP contribution in [0.5, 0.6) is 0 Å². The quantitative estimate of drug-likeness (QED) is 0.723. The number of ether oxygens (including phenoxy) is 1. The van der Waals surface area contributed by atoms with E-state index in [0.29, 0.717) is 36.5 Å². The van der Waals surface area contributed by atoms with Crippen molar-refractivity contribution < 1.29 is 14.3 Å². The number of esters is 1. The molecule has 6 heteroatoms. The molecule has 0 fully saturated rings. The van der Waals surface area contributed by atoms with E-state index in [-0.39, 0.29) is 18.3 Å². The van der Waals surface area contributed by atoms with E-state index >= 15 is 0 Å². The lowest BCUT2D eigenvalue weighted by Crippen LogP contribution is -2.28. The maximum atomic E-state index is 12.3. The normalized spacial score (nSPS) is 9.96. The fraction of sp³-hybridized carbons (Fsp3) is 0.286. The fourth-order valence-corrected chi connectivity index (χ4v) is 2.65. The van der Waals surface area contributed by atoms with Gasteiger partial charge in [-0.1, -0.05) is 18.2 Å². The Hall–Kier alpha value is -3.33. The summed E-state index contributed by atoms with van der Waals surface area (Å²) in [5.41, 5.74) is 2.28. The Labute approximate surface area is 159 Å². The molecule has 0 aromatic heterocycles. The SMILES string of the molecule is CCOC(=O)c1cccc(N(CC)CCC(=O)Nc2ccccc2C#N)c1. The summed E-state index contributed by atoms with van der Waals surface area (Å²) in [4.78, 5) is 26.2. The van der Waals surface area contributed by atoms with Crippen molar-refractivity contribution in [2.45, 2.75) is 20.3 Å². The highest BCUT2D eigenvalue weighted by molar-refractivity contribution is 5.92. The molecule has 2 aromatic rings. The Bertz CT molecular complexity index is 843. The first kappa shape index (κ1) is 20.0. The number of anilines is 2. The van der Waals surface area contributed by atoms with Crippen molar-refractivity contribution in [3.63, 3.8) is 0 Å². The van der Waals surface area contributed by atoms with Gasteiger partial charge in [-0.2, -0.15) is 5.26 Å². The summed E-state index contributed by atoms with van der Waals surface area (Å²) >= 11 is 0. The Morgan fingerprint density at radius 2 is 1.93 bits per heavy atom. The smallest absolute Gasteiger partial charge is 0.338 e. The topological polar surface area (TPSA) is 82.4 Å². The van der Waals surface area contributed by atoms with E-state index in [4.69, 9.17) is 10.00 Å². The highest BCUT2D eigenvalue weighted by atomic mass is 16.5. The Balaban J connectivity index is 2.01. The minimum Gasteiger partial charge on any atom is -0.462 e. The molecule has 1 amide bonds. The summed E-state index contributed by atoms with van der Waals surface area (Å²) in [5, 5.41) is 11.9. The summed E-state index contributed by atoms with van der Waals surface area (Å²) in [6.45, 7) is 5.26. The van der Waals surface area contributed by atoms with Crippen LogP contribution in [0, 0.1) is 11.3 Å². The molecule has 0 aliphatic carbocycles. The van der Waals surface area contributed by atoms with E-state index in [1.54, 1.807) is 49.4 Å². The van der Waals surface area contributed by atoms with Gasteiger partial charge in [-0.05, 0) is 44.2 Å². The number of hydrogen-bond acceptors (Lipinski definition) is 5. The number of benzene rings is 2. The molecule has 0 radical (unpaired) electrons. The van der Waals surface area contributed by atoms with Gasteiger partial charge >= 0.3 is 5.97 Å². The highest BCUT2D eigenvalue weighted by Crippen LogP contribution is 2.18. The van der Waals surface area contributed by atoms with Crippen molar-refractivity contribution in [3.8, 4) is 6.07 Å². The van der Waals surface area contributed by atoms with Gasteiger partial charge in [0.05, 0.1) is 23.4 Å². The van der Waals surface area contributed by atoms with Crippen molar-refractivity contribution in [1.82, 2.24) is 0 Å². The first-order valence-corrected chi connectivity index (χ1v) is 8.90. The van der Waals surface area contributed by atoms with E-state index in [1.807, 2.05) is 17.9 Å². The molecule has 0 heterocycles. The lowest BCUT2D eigenvalue weighted by atomic mass is 10.1. The first-order chi connectivity index (χ1) is 13.1. The molecule has 2 aromatic carbocycles. The molecular weight excluding hydrogens is 342 g/mol. The molecule has 0 unspecified atom stereocenters. The van der Waals surface area contributed by atoms with Gasteiger partial charge in [0.15, 0.2) is 0 Å². The maximum Gasteiger partial charge on any atom is 0.338 e. The van der Waals surface area contributed by atoms with Crippen molar-refractivity contribution in [2.75, 3.05) is 29.9 Å². The molecule has 6 nitrogen and oxygen atoms in total. The minimum absolute atomic E-state index is 0.169. The molecule has 27 heavy (non-hydrogen) atoms. The Morgan fingerprint density at radius 1 is 1.15 bits per heavy atom. The number of carbonyl (C=O) groups is 2. The molecule has 0 atom stereocenters. The van der Waals surface area contributed by atoms with Crippen LogP contribution >= 0.6 is 0 Å². The van der Waals surface area contributed by atoms with Gasteiger partial charge in [0.25, 0.3) is 0 Å². The second-order valence-corrected chi connectivity index (χ2v) is 5.81. The zero-order chi connectivity index (χ0) is 19.6. The average molecular weight is 365 g/mol. The third-order valence-electron chi connectivity index (χ3n) is 4.03. The van der Waals surface area contributed by atoms with E-state index in [1.165, 1.54) is 0 Å². The average Bonchev–Trinajstić information content (AvgIpc) is 2.69. The van der Waals surface area contributed by atoms with Crippen molar-refractivity contribution >= 4 is 23.3 Å². The third-order valence-corrected chi connectivity index (χ3v) is 4.03. The number of rotatable bonds is 8. The summed E-state index contributed by atoms with van der Waals surface area (Å²) in [6.07, 6.45) is 0.261.